The number of carbonyl (C=O) groups is 1. The Labute approximate surface area is 126 Å². The topological polar surface area (TPSA) is 64.1 Å². The van der Waals surface area contributed by atoms with Crippen LogP contribution in [0.2, 0.25) is 0 Å². The number of nitrogens with one attached hydrogen (secondary N) is 1. The zero-order valence-corrected chi connectivity index (χ0v) is 12.8. The molecule has 1 N–H and O–H groups in total. The van der Waals surface area contributed by atoms with E-state index < -0.39 is 11.7 Å². The predicted octanol–water partition coefficient (Wildman–Crippen LogP) is 3.14. The molecule has 21 heavy (non-hydrogen) atoms. The highest BCUT2D eigenvalue weighted by molar-refractivity contribution is 7.15. The first-order chi connectivity index (χ1) is 9.99. The third-order valence-electron chi connectivity index (χ3n) is 2.68. The van der Waals surface area contributed by atoms with E-state index in [0.717, 1.165) is 17.5 Å². The van der Waals surface area contributed by atoms with Crippen molar-refractivity contribution < 1.29 is 13.9 Å². The number of anilines is 1. The van der Waals surface area contributed by atoms with E-state index >= 15 is 0 Å². The Kier molecular flexibility index (Phi) is 4.85. The predicted molar refractivity (Wildman–Crippen MR) is 79.4 cm³/mol. The number of benzene rings is 1. The summed E-state index contributed by atoms with van der Waals surface area (Å²) >= 11 is 1.31. The molecule has 0 aliphatic carbocycles. The van der Waals surface area contributed by atoms with E-state index in [9.17, 15) is 9.18 Å². The lowest BCUT2D eigenvalue weighted by Gasteiger charge is -2.07. The second kappa shape index (κ2) is 6.62. The molecule has 0 aliphatic rings. The van der Waals surface area contributed by atoms with E-state index in [2.05, 4.69) is 29.4 Å². The van der Waals surface area contributed by atoms with Gasteiger partial charge in [0.25, 0.3) is 5.91 Å². The summed E-state index contributed by atoms with van der Waals surface area (Å²) in [6.45, 7) is 4.16. The number of methoxy groups -OCH3 is 1. The summed E-state index contributed by atoms with van der Waals surface area (Å²) in [6.07, 6.45) is 0.802. The Morgan fingerprint density at radius 2 is 2.19 bits per heavy atom. The Morgan fingerprint density at radius 1 is 1.43 bits per heavy atom. The van der Waals surface area contributed by atoms with Crippen molar-refractivity contribution in [1.82, 2.24) is 10.2 Å². The van der Waals surface area contributed by atoms with Crippen molar-refractivity contribution in [3.05, 3.63) is 34.6 Å². The molecular weight excluding hydrogens is 293 g/mol. The molecule has 112 valence electrons. The van der Waals surface area contributed by atoms with Gasteiger partial charge in [-0.1, -0.05) is 25.2 Å². The number of hydrogen-bond acceptors (Lipinski definition) is 5. The normalized spacial score (nSPS) is 10.7. The van der Waals surface area contributed by atoms with Crippen LogP contribution in [0.3, 0.4) is 0 Å². The highest BCUT2D eigenvalue weighted by Gasteiger charge is 2.16. The smallest absolute Gasteiger partial charge is 0.261 e. The van der Waals surface area contributed by atoms with E-state index in [1.165, 1.54) is 30.6 Å². The number of nitrogens with zero attached hydrogens (tertiary/aromatic N) is 2. The van der Waals surface area contributed by atoms with Gasteiger partial charge in [0.15, 0.2) is 0 Å². The van der Waals surface area contributed by atoms with E-state index in [1.54, 1.807) is 0 Å². The number of ether oxygens (including phenoxy) is 1. The van der Waals surface area contributed by atoms with Gasteiger partial charge in [-0.3, -0.25) is 10.1 Å². The van der Waals surface area contributed by atoms with E-state index in [0.29, 0.717) is 16.8 Å². The zero-order chi connectivity index (χ0) is 15.4. The second-order valence-electron chi connectivity index (χ2n) is 4.90. The molecule has 1 aromatic carbocycles. The Morgan fingerprint density at radius 3 is 2.86 bits per heavy atom. The highest BCUT2D eigenvalue weighted by Crippen LogP contribution is 2.23. The maximum atomic E-state index is 13.3. The summed E-state index contributed by atoms with van der Waals surface area (Å²) < 4.78 is 18.3. The lowest BCUT2D eigenvalue weighted by molar-refractivity contribution is 0.102. The van der Waals surface area contributed by atoms with Crippen LogP contribution in [0, 0.1) is 11.7 Å². The van der Waals surface area contributed by atoms with Gasteiger partial charge in [-0.25, -0.2) is 4.39 Å². The quantitative estimate of drug-likeness (QED) is 0.921. The molecule has 0 spiro atoms. The third kappa shape index (κ3) is 3.98. The summed E-state index contributed by atoms with van der Waals surface area (Å²) in [7, 11) is 1.43. The van der Waals surface area contributed by atoms with Crippen LogP contribution in [0.15, 0.2) is 18.2 Å². The third-order valence-corrected chi connectivity index (χ3v) is 3.54. The van der Waals surface area contributed by atoms with Crippen LogP contribution in [0.4, 0.5) is 9.52 Å². The van der Waals surface area contributed by atoms with Gasteiger partial charge in [-0.2, -0.15) is 0 Å². The fourth-order valence-corrected chi connectivity index (χ4v) is 2.70. The average Bonchev–Trinajstić information content (AvgIpc) is 2.85. The fourth-order valence-electron chi connectivity index (χ4n) is 1.76. The maximum Gasteiger partial charge on any atom is 0.261 e. The van der Waals surface area contributed by atoms with Crippen molar-refractivity contribution in [2.45, 2.75) is 20.3 Å². The maximum absolute atomic E-state index is 13.3. The molecule has 1 amide bonds. The van der Waals surface area contributed by atoms with Crippen molar-refractivity contribution in [3.63, 3.8) is 0 Å². The van der Waals surface area contributed by atoms with Gasteiger partial charge >= 0.3 is 0 Å². The summed E-state index contributed by atoms with van der Waals surface area (Å²) in [5, 5.41) is 11.8. The number of carbonyl (C=O) groups excluding carboxylic acids is 1. The lowest BCUT2D eigenvalue weighted by Crippen LogP contribution is -2.13. The fraction of sp³-hybridized carbons (Fsp3) is 0.357. The van der Waals surface area contributed by atoms with Crippen LogP contribution in [0.5, 0.6) is 5.75 Å². The molecule has 0 atom stereocenters. The standard InChI is InChI=1S/C14H16FN3O2S/c1-8(2)6-12-17-18-14(21-12)16-13(19)10-7-9(15)4-5-11(10)20-3/h4-5,7-8H,6H2,1-3H3,(H,16,18,19). The van der Waals surface area contributed by atoms with Crippen molar-refractivity contribution in [2.24, 2.45) is 5.92 Å². The molecule has 2 rings (SSSR count). The van der Waals surface area contributed by atoms with Gasteiger partial charge in [0.1, 0.15) is 16.6 Å². The van der Waals surface area contributed by atoms with Crippen LogP contribution in [0.1, 0.15) is 29.2 Å². The molecule has 0 aliphatic heterocycles. The summed E-state index contributed by atoms with van der Waals surface area (Å²) in [5.41, 5.74) is 0.123. The molecule has 1 heterocycles. The molecule has 0 saturated heterocycles. The molecule has 0 fully saturated rings. The van der Waals surface area contributed by atoms with Crippen molar-refractivity contribution >= 4 is 22.4 Å². The van der Waals surface area contributed by atoms with Crippen molar-refractivity contribution in [1.29, 1.82) is 0 Å². The molecule has 7 heteroatoms. The van der Waals surface area contributed by atoms with Crippen LogP contribution >= 0.6 is 11.3 Å². The molecular formula is C14H16FN3O2S. The van der Waals surface area contributed by atoms with Crippen LogP contribution in [0.25, 0.3) is 0 Å². The Balaban J connectivity index is 2.14. The monoisotopic (exact) mass is 309 g/mol. The molecule has 0 saturated carbocycles. The van der Waals surface area contributed by atoms with Gasteiger partial charge in [0, 0.05) is 6.42 Å². The van der Waals surface area contributed by atoms with Crippen LogP contribution in [-0.2, 0) is 6.42 Å². The van der Waals surface area contributed by atoms with Gasteiger partial charge in [-0.15, -0.1) is 10.2 Å². The molecule has 0 bridgehead atoms. The van der Waals surface area contributed by atoms with Crippen molar-refractivity contribution in [3.8, 4) is 5.75 Å². The molecule has 0 radical (unpaired) electrons. The summed E-state index contributed by atoms with van der Waals surface area (Å²) in [4.78, 5) is 12.2. The van der Waals surface area contributed by atoms with Crippen LogP contribution < -0.4 is 10.1 Å². The number of amides is 1. The first-order valence-electron chi connectivity index (χ1n) is 6.47. The Hall–Kier alpha value is -2.02. The number of hydrogen-bond donors (Lipinski definition) is 1. The largest absolute Gasteiger partial charge is 0.496 e. The molecule has 5 nitrogen and oxygen atoms in total. The van der Waals surface area contributed by atoms with E-state index in [1.807, 2.05) is 0 Å². The number of rotatable bonds is 5. The second-order valence-corrected chi connectivity index (χ2v) is 5.96. The van der Waals surface area contributed by atoms with E-state index in [4.69, 9.17) is 4.74 Å². The first kappa shape index (κ1) is 15.4. The highest BCUT2D eigenvalue weighted by atomic mass is 32.1. The molecule has 2 aromatic rings. The van der Waals surface area contributed by atoms with Crippen molar-refractivity contribution in [2.75, 3.05) is 12.4 Å². The zero-order valence-electron chi connectivity index (χ0n) is 12.0. The molecule has 1 aromatic heterocycles. The lowest BCUT2D eigenvalue weighted by atomic mass is 10.1. The summed E-state index contributed by atoms with van der Waals surface area (Å²) in [5.74, 6) is -0.206. The Bertz CT molecular complexity index is 643. The average molecular weight is 309 g/mol. The van der Waals surface area contributed by atoms with Gasteiger partial charge in [0.05, 0.1) is 12.7 Å². The number of halogens is 1. The van der Waals surface area contributed by atoms with Gasteiger partial charge in [0.2, 0.25) is 5.13 Å². The van der Waals surface area contributed by atoms with Gasteiger partial charge < -0.3 is 4.74 Å². The minimum atomic E-state index is -0.501. The first-order valence-corrected chi connectivity index (χ1v) is 7.28. The SMILES string of the molecule is COc1ccc(F)cc1C(=O)Nc1nnc(CC(C)C)s1. The minimum Gasteiger partial charge on any atom is -0.496 e. The van der Waals surface area contributed by atoms with Crippen LogP contribution in [-0.4, -0.2) is 23.2 Å². The number of aromatic nitrogens is 2. The van der Waals surface area contributed by atoms with E-state index in [-0.39, 0.29) is 5.56 Å². The summed E-state index contributed by atoms with van der Waals surface area (Å²) in [6, 6.07) is 3.78. The molecule has 0 unspecified atom stereocenters. The minimum absolute atomic E-state index is 0.123. The van der Waals surface area contributed by atoms with Gasteiger partial charge in [-0.05, 0) is 24.1 Å².